The topological polar surface area (TPSA) is 58.4 Å². The number of aromatic nitrogens is 2. The lowest BCUT2D eigenvalue weighted by Crippen LogP contribution is -2.13. The summed E-state index contributed by atoms with van der Waals surface area (Å²) in [6.45, 7) is 3.98. The molecule has 0 amide bonds. The summed E-state index contributed by atoms with van der Waals surface area (Å²) in [5.41, 5.74) is 5.61. The van der Waals surface area contributed by atoms with Crippen molar-refractivity contribution in [3.8, 4) is 0 Å². The molecule has 0 bridgehead atoms. The van der Waals surface area contributed by atoms with Gasteiger partial charge in [-0.25, -0.2) is 0 Å². The molecule has 132 valence electrons. The average Bonchev–Trinajstić information content (AvgIpc) is 2.65. The van der Waals surface area contributed by atoms with Gasteiger partial charge in [-0.05, 0) is 55.3 Å². The highest BCUT2D eigenvalue weighted by Gasteiger charge is 2.21. The number of oxime groups is 1. The van der Waals surface area contributed by atoms with Crippen molar-refractivity contribution in [2.24, 2.45) is 5.16 Å². The van der Waals surface area contributed by atoms with Crippen LogP contribution in [0.4, 0.5) is 0 Å². The second-order valence-corrected chi connectivity index (χ2v) is 7.16. The predicted molar refractivity (Wildman–Crippen MR) is 107 cm³/mol. The molecule has 3 rings (SSSR count). The summed E-state index contributed by atoms with van der Waals surface area (Å²) in [4.78, 5) is 8.84. The fourth-order valence-electron chi connectivity index (χ4n) is 3.07. The van der Waals surface area contributed by atoms with E-state index in [1.54, 1.807) is 12.4 Å². The first kappa shape index (κ1) is 18.3. The molecule has 0 aliphatic heterocycles. The van der Waals surface area contributed by atoms with Gasteiger partial charge in [0.25, 0.3) is 0 Å². The van der Waals surface area contributed by atoms with Crippen molar-refractivity contribution < 1.29 is 5.21 Å². The fourth-order valence-corrected chi connectivity index (χ4v) is 3.33. The maximum Gasteiger partial charge on any atom is 0.0879 e. The SMILES string of the molecule is Cc1cc(/C(CC(c2ccc(Br)cc2)c2ncccc2C)=N\O)ccn1. The van der Waals surface area contributed by atoms with Gasteiger partial charge in [-0.15, -0.1) is 0 Å². The molecule has 0 fully saturated rings. The lowest BCUT2D eigenvalue weighted by Gasteiger charge is -2.20. The van der Waals surface area contributed by atoms with Gasteiger partial charge in [0.2, 0.25) is 0 Å². The highest BCUT2D eigenvalue weighted by Crippen LogP contribution is 2.31. The number of halogens is 1. The van der Waals surface area contributed by atoms with E-state index in [0.29, 0.717) is 12.1 Å². The smallest absolute Gasteiger partial charge is 0.0879 e. The quantitative estimate of drug-likeness (QED) is 0.355. The number of hydrogen-bond donors (Lipinski definition) is 1. The molecule has 26 heavy (non-hydrogen) atoms. The van der Waals surface area contributed by atoms with Crippen LogP contribution in [-0.2, 0) is 0 Å². The summed E-state index contributed by atoms with van der Waals surface area (Å²) in [6, 6.07) is 16.0. The Morgan fingerprint density at radius 1 is 1.08 bits per heavy atom. The van der Waals surface area contributed by atoms with E-state index in [4.69, 9.17) is 0 Å². The first-order valence-electron chi connectivity index (χ1n) is 8.39. The lowest BCUT2D eigenvalue weighted by molar-refractivity contribution is 0.317. The Kier molecular flexibility index (Phi) is 5.78. The van der Waals surface area contributed by atoms with Gasteiger partial charge in [-0.1, -0.05) is 39.3 Å². The molecule has 2 heterocycles. The Hall–Kier alpha value is -2.53. The van der Waals surface area contributed by atoms with Crippen LogP contribution in [0.25, 0.3) is 0 Å². The van der Waals surface area contributed by atoms with E-state index in [1.165, 1.54) is 0 Å². The Bertz CT molecular complexity index is 923. The van der Waals surface area contributed by atoms with Gasteiger partial charge in [-0.3, -0.25) is 9.97 Å². The van der Waals surface area contributed by atoms with Gasteiger partial charge in [0.1, 0.15) is 0 Å². The zero-order chi connectivity index (χ0) is 18.5. The summed E-state index contributed by atoms with van der Waals surface area (Å²) in [5, 5.41) is 13.3. The van der Waals surface area contributed by atoms with Crippen LogP contribution in [0.5, 0.6) is 0 Å². The third-order valence-electron chi connectivity index (χ3n) is 4.40. The van der Waals surface area contributed by atoms with Gasteiger partial charge >= 0.3 is 0 Å². The molecular weight excluding hydrogens is 390 g/mol. The molecule has 1 atom stereocenters. The molecule has 0 aliphatic rings. The third-order valence-corrected chi connectivity index (χ3v) is 4.93. The number of nitrogens with zero attached hydrogens (tertiary/aromatic N) is 3. The van der Waals surface area contributed by atoms with Crippen molar-refractivity contribution in [2.75, 3.05) is 0 Å². The molecule has 1 unspecified atom stereocenters. The molecule has 4 nitrogen and oxygen atoms in total. The van der Waals surface area contributed by atoms with Gasteiger partial charge in [0.15, 0.2) is 0 Å². The van der Waals surface area contributed by atoms with Crippen molar-refractivity contribution >= 4 is 21.6 Å². The fraction of sp³-hybridized carbons (Fsp3) is 0.190. The summed E-state index contributed by atoms with van der Waals surface area (Å²) < 4.78 is 1.03. The molecule has 0 aliphatic carbocycles. The van der Waals surface area contributed by atoms with Crippen molar-refractivity contribution in [3.63, 3.8) is 0 Å². The lowest BCUT2D eigenvalue weighted by atomic mass is 9.86. The molecule has 2 aromatic heterocycles. The van der Waals surface area contributed by atoms with E-state index in [1.807, 2.05) is 37.3 Å². The van der Waals surface area contributed by atoms with Crippen LogP contribution in [0, 0.1) is 13.8 Å². The highest BCUT2D eigenvalue weighted by atomic mass is 79.9. The molecule has 3 aromatic rings. The van der Waals surface area contributed by atoms with Crippen molar-refractivity contribution in [3.05, 3.63) is 93.5 Å². The monoisotopic (exact) mass is 409 g/mol. The standard InChI is InChI=1S/C21H20BrN3O/c1-14-4-3-10-24-21(14)19(16-5-7-18(22)8-6-16)13-20(25-26)17-9-11-23-15(2)12-17/h3-12,19,26H,13H2,1-2H3/b25-20-. The first-order chi connectivity index (χ1) is 12.6. The van der Waals surface area contributed by atoms with E-state index < -0.39 is 0 Å². The maximum atomic E-state index is 9.67. The van der Waals surface area contributed by atoms with Gasteiger partial charge in [0.05, 0.1) is 11.4 Å². The Morgan fingerprint density at radius 2 is 1.85 bits per heavy atom. The molecule has 0 spiro atoms. The summed E-state index contributed by atoms with van der Waals surface area (Å²) in [5.74, 6) is -0.0105. The van der Waals surface area contributed by atoms with E-state index in [2.05, 4.69) is 56.2 Å². The molecule has 1 aromatic carbocycles. The Morgan fingerprint density at radius 3 is 2.50 bits per heavy atom. The van der Waals surface area contributed by atoms with E-state index in [9.17, 15) is 5.21 Å². The van der Waals surface area contributed by atoms with Crippen LogP contribution < -0.4 is 0 Å². The van der Waals surface area contributed by atoms with Crippen LogP contribution in [0.1, 0.15) is 40.4 Å². The number of aryl methyl sites for hydroxylation is 2. The van der Waals surface area contributed by atoms with Crippen LogP contribution in [0.3, 0.4) is 0 Å². The van der Waals surface area contributed by atoms with Gasteiger partial charge in [0, 0.05) is 40.5 Å². The summed E-state index contributed by atoms with van der Waals surface area (Å²) in [6.07, 6.45) is 4.08. The third kappa shape index (κ3) is 4.17. The number of benzene rings is 1. The minimum atomic E-state index is -0.0105. The molecule has 5 heteroatoms. The highest BCUT2D eigenvalue weighted by molar-refractivity contribution is 9.10. The second kappa shape index (κ2) is 8.23. The molecule has 0 saturated carbocycles. The number of pyridine rings is 2. The van der Waals surface area contributed by atoms with Crippen molar-refractivity contribution in [2.45, 2.75) is 26.2 Å². The van der Waals surface area contributed by atoms with Crippen LogP contribution in [0.2, 0.25) is 0 Å². The van der Waals surface area contributed by atoms with Gasteiger partial charge < -0.3 is 5.21 Å². The minimum Gasteiger partial charge on any atom is -0.411 e. The zero-order valence-corrected chi connectivity index (χ0v) is 16.3. The maximum absolute atomic E-state index is 9.67. The first-order valence-corrected chi connectivity index (χ1v) is 9.18. The second-order valence-electron chi connectivity index (χ2n) is 6.25. The zero-order valence-electron chi connectivity index (χ0n) is 14.7. The van der Waals surface area contributed by atoms with Crippen LogP contribution in [0.15, 0.2) is 70.6 Å². The van der Waals surface area contributed by atoms with Crippen LogP contribution >= 0.6 is 15.9 Å². The average molecular weight is 410 g/mol. The number of hydrogen-bond acceptors (Lipinski definition) is 4. The van der Waals surface area contributed by atoms with Crippen molar-refractivity contribution in [1.29, 1.82) is 0 Å². The number of rotatable bonds is 5. The molecule has 1 N–H and O–H groups in total. The van der Waals surface area contributed by atoms with E-state index >= 15 is 0 Å². The minimum absolute atomic E-state index is 0.0105. The predicted octanol–water partition coefficient (Wildman–Crippen LogP) is 5.26. The summed E-state index contributed by atoms with van der Waals surface area (Å²) >= 11 is 3.49. The largest absolute Gasteiger partial charge is 0.411 e. The Labute approximate surface area is 161 Å². The molecule has 0 saturated heterocycles. The van der Waals surface area contributed by atoms with Gasteiger partial charge in [-0.2, -0.15) is 0 Å². The van der Waals surface area contributed by atoms with Crippen LogP contribution in [-0.4, -0.2) is 20.9 Å². The van der Waals surface area contributed by atoms with E-state index in [0.717, 1.165) is 32.6 Å². The Balaban J connectivity index is 2.03. The normalized spacial score (nSPS) is 12.8. The molecule has 0 radical (unpaired) electrons. The van der Waals surface area contributed by atoms with E-state index in [-0.39, 0.29) is 5.92 Å². The summed E-state index contributed by atoms with van der Waals surface area (Å²) in [7, 11) is 0. The van der Waals surface area contributed by atoms with Crippen molar-refractivity contribution in [1.82, 2.24) is 9.97 Å². The molecular formula is C21H20BrN3O.